The number of fused-ring (bicyclic) bond motifs is 4. The molecule has 14 heavy (non-hydrogen) atoms. The summed E-state index contributed by atoms with van der Waals surface area (Å²) >= 11 is 0. The Morgan fingerprint density at radius 3 is 3.07 bits per heavy atom. The Kier molecular flexibility index (Phi) is 1.94. The van der Waals surface area contributed by atoms with Gasteiger partial charge in [-0.15, -0.1) is 0 Å². The molecule has 3 fully saturated rings. The van der Waals surface area contributed by atoms with Crippen molar-refractivity contribution >= 4 is 0 Å². The van der Waals surface area contributed by atoms with E-state index >= 15 is 0 Å². The van der Waals surface area contributed by atoms with Crippen molar-refractivity contribution in [2.45, 2.75) is 50.7 Å². The van der Waals surface area contributed by atoms with Gasteiger partial charge in [0, 0.05) is 12.0 Å². The molecule has 1 saturated heterocycles. The Hall–Kier alpha value is -0.0800. The Morgan fingerprint density at radius 1 is 1.36 bits per heavy atom. The summed E-state index contributed by atoms with van der Waals surface area (Å²) in [6, 6.07) is 0.623. The van der Waals surface area contributed by atoms with Crippen LogP contribution in [-0.4, -0.2) is 23.3 Å². The lowest BCUT2D eigenvalue weighted by Crippen LogP contribution is -2.58. The lowest BCUT2D eigenvalue weighted by Gasteiger charge is -2.49. The minimum absolute atomic E-state index is 0.318. The van der Waals surface area contributed by atoms with Crippen LogP contribution in [-0.2, 0) is 0 Å². The van der Waals surface area contributed by atoms with Crippen LogP contribution in [0, 0.1) is 17.8 Å². The number of hydrogen-bond acceptors (Lipinski definition) is 2. The second kappa shape index (κ2) is 2.96. The molecule has 80 valence electrons. The van der Waals surface area contributed by atoms with Crippen LogP contribution in [0.2, 0.25) is 0 Å². The molecule has 0 aromatic carbocycles. The van der Waals surface area contributed by atoms with Crippen LogP contribution in [0.4, 0.5) is 0 Å². The second-order valence-corrected chi connectivity index (χ2v) is 5.62. The molecule has 3 rings (SSSR count). The molecule has 5 atom stereocenters. The summed E-state index contributed by atoms with van der Waals surface area (Å²) in [5.41, 5.74) is -0.318. The number of hydrogen-bond donors (Lipinski definition) is 2. The zero-order chi connectivity index (χ0) is 9.76. The molecule has 0 aromatic rings. The molecule has 0 aromatic heterocycles. The molecule has 1 heterocycles. The third kappa shape index (κ3) is 1.04. The largest absolute Gasteiger partial charge is 0.389 e. The van der Waals surface area contributed by atoms with Gasteiger partial charge in [0.1, 0.15) is 0 Å². The van der Waals surface area contributed by atoms with E-state index in [9.17, 15) is 5.11 Å². The maximum atomic E-state index is 10.7. The third-order valence-electron chi connectivity index (χ3n) is 5.19. The van der Waals surface area contributed by atoms with Gasteiger partial charge in [-0.1, -0.05) is 6.92 Å². The molecule has 0 unspecified atom stereocenters. The second-order valence-electron chi connectivity index (χ2n) is 5.62. The van der Waals surface area contributed by atoms with Crippen LogP contribution in [0.3, 0.4) is 0 Å². The summed E-state index contributed by atoms with van der Waals surface area (Å²) in [6.45, 7) is 3.43. The summed E-state index contributed by atoms with van der Waals surface area (Å²) in [5.74, 6) is 1.88. The average Bonchev–Trinajstić information content (AvgIpc) is 2.42. The molecule has 2 saturated carbocycles. The van der Waals surface area contributed by atoms with Crippen molar-refractivity contribution in [3.63, 3.8) is 0 Å². The number of rotatable bonds is 0. The van der Waals surface area contributed by atoms with Crippen molar-refractivity contribution in [2.75, 3.05) is 6.54 Å². The van der Waals surface area contributed by atoms with E-state index in [-0.39, 0.29) is 5.60 Å². The molecule has 0 spiro atoms. The highest BCUT2D eigenvalue weighted by Gasteiger charge is 2.56. The van der Waals surface area contributed by atoms with Crippen LogP contribution < -0.4 is 5.32 Å². The zero-order valence-electron chi connectivity index (χ0n) is 9.00. The summed E-state index contributed by atoms with van der Waals surface area (Å²) in [5, 5.41) is 14.4. The van der Waals surface area contributed by atoms with E-state index in [1.165, 1.54) is 32.2 Å². The summed E-state index contributed by atoms with van der Waals surface area (Å²) < 4.78 is 0. The predicted molar refractivity (Wildman–Crippen MR) is 56.0 cm³/mol. The van der Waals surface area contributed by atoms with Crippen molar-refractivity contribution in [2.24, 2.45) is 17.8 Å². The van der Waals surface area contributed by atoms with Gasteiger partial charge in [-0.2, -0.15) is 0 Å². The molecule has 2 N–H and O–H groups in total. The van der Waals surface area contributed by atoms with E-state index in [4.69, 9.17) is 0 Å². The molecular weight excluding hydrogens is 174 g/mol. The van der Waals surface area contributed by atoms with Crippen molar-refractivity contribution < 1.29 is 5.11 Å². The van der Waals surface area contributed by atoms with Gasteiger partial charge in [0.25, 0.3) is 0 Å². The summed E-state index contributed by atoms with van der Waals surface area (Å²) in [6.07, 6.45) is 6.12. The fourth-order valence-electron chi connectivity index (χ4n) is 4.27. The van der Waals surface area contributed by atoms with Crippen LogP contribution in [0.25, 0.3) is 0 Å². The van der Waals surface area contributed by atoms with Gasteiger partial charge in [-0.05, 0) is 50.5 Å². The highest BCUT2D eigenvalue weighted by atomic mass is 16.3. The fraction of sp³-hybridized carbons (Fsp3) is 1.00. The molecular formula is C12H21NO. The normalized spacial score (nSPS) is 57.0. The first kappa shape index (κ1) is 9.17. The van der Waals surface area contributed by atoms with Crippen molar-refractivity contribution in [3.05, 3.63) is 0 Å². The molecule has 0 amide bonds. The molecule has 1 aliphatic heterocycles. The van der Waals surface area contributed by atoms with Gasteiger partial charge in [0.15, 0.2) is 0 Å². The number of piperidine rings is 1. The van der Waals surface area contributed by atoms with E-state index in [2.05, 4.69) is 12.2 Å². The molecule has 2 nitrogen and oxygen atoms in total. The van der Waals surface area contributed by atoms with Gasteiger partial charge < -0.3 is 10.4 Å². The third-order valence-corrected chi connectivity index (χ3v) is 5.19. The maximum absolute atomic E-state index is 10.7. The quantitative estimate of drug-likeness (QED) is 0.614. The Labute approximate surface area is 86.1 Å². The predicted octanol–water partition coefficient (Wildman–Crippen LogP) is 1.54. The average molecular weight is 195 g/mol. The number of nitrogens with one attached hydrogen (secondary N) is 1. The first-order valence-electron chi connectivity index (χ1n) is 6.17. The van der Waals surface area contributed by atoms with Gasteiger partial charge in [-0.3, -0.25) is 0 Å². The van der Waals surface area contributed by atoms with E-state index in [0.29, 0.717) is 17.9 Å². The summed E-state index contributed by atoms with van der Waals surface area (Å²) in [7, 11) is 0. The highest BCUT2D eigenvalue weighted by Crippen LogP contribution is 2.54. The van der Waals surface area contributed by atoms with Crippen LogP contribution in [0.1, 0.15) is 39.0 Å². The van der Waals surface area contributed by atoms with Crippen molar-refractivity contribution in [1.82, 2.24) is 5.32 Å². The van der Waals surface area contributed by atoms with Crippen molar-refractivity contribution in [3.8, 4) is 0 Å². The van der Waals surface area contributed by atoms with E-state index in [1.807, 2.05) is 0 Å². The molecule has 0 radical (unpaired) electrons. The van der Waals surface area contributed by atoms with Gasteiger partial charge >= 0.3 is 0 Å². The topological polar surface area (TPSA) is 32.3 Å². The smallest absolute Gasteiger partial charge is 0.0718 e. The summed E-state index contributed by atoms with van der Waals surface area (Å²) in [4.78, 5) is 0. The zero-order valence-corrected chi connectivity index (χ0v) is 9.00. The minimum Gasteiger partial charge on any atom is -0.389 e. The minimum atomic E-state index is -0.318. The van der Waals surface area contributed by atoms with Gasteiger partial charge in [0.05, 0.1) is 5.60 Å². The Morgan fingerprint density at radius 2 is 2.21 bits per heavy atom. The number of aliphatic hydroxyl groups is 1. The Balaban J connectivity index is 1.92. The molecule has 2 bridgehead atoms. The van der Waals surface area contributed by atoms with E-state index in [0.717, 1.165) is 12.3 Å². The van der Waals surface area contributed by atoms with Crippen LogP contribution >= 0.6 is 0 Å². The monoisotopic (exact) mass is 195 g/mol. The van der Waals surface area contributed by atoms with Gasteiger partial charge in [-0.25, -0.2) is 0 Å². The molecule has 2 aliphatic carbocycles. The first-order chi connectivity index (χ1) is 6.72. The lowest BCUT2D eigenvalue weighted by atomic mass is 9.64. The van der Waals surface area contributed by atoms with Crippen molar-refractivity contribution in [1.29, 1.82) is 0 Å². The van der Waals surface area contributed by atoms with Crippen LogP contribution in [0.15, 0.2) is 0 Å². The van der Waals surface area contributed by atoms with Gasteiger partial charge in [0.2, 0.25) is 0 Å². The first-order valence-corrected chi connectivity index (χ1v) is 6.17. The highest BCUT2D eigenvalue weighted by molar-refractivity contribution is 5.09. The standard InChI is InChI=1S/C12H21NO/c1-8-9-4-5-12(8,14)10-3-2-6-13-11(10)7-9/h8-11,13-14H,2-7H2,1H3/t8-,9-,10+,11+,12+/m0/s1. The SMILES string of the molecule is C[C@H]1[C@H]2CC[C@]1(O)[C@@H]1CCCN[C@@H]1C2. The van der Waals surface area contributed by atoms with E-state index < -0.39 is 0 Å². The molecule has 2 heteroatoms. The fourth-order valence-corrected chi connectivity index (χ4v) is 4.27. The lowest BCUT2D eigenvalue weighted by molar-refractivity contribution is -0.0983. The molecule has 3 aliphatic rings. The van der Waals surface area contributed by atoms with E-state index in [1.54, 1.807) is 0 Å². The Bertz CT molecular complexity index is 242. The van der Waals surface area contributed by atoms with Crippen LogP contribution in [0.5, 0.6) is 0 Å². The maximum Gasteiger partial charge on any atom is 0.0718 e.